The Balaban J connectivity index is 2.40. The monoisotopic (exact) mass is 303 g/mol. The smallest absolute Gasteiger partial charge is 0.332 e. The molecule has 0 aliphatic heterocycles. The second-order valence-electron chi connectivity index (χ2n) is 4.63. The number of hydrogen-bond acceptors (Lipinski definition) is 3. The van der Waals surface area contributed by atoms with E-state index in [0.717, 1.165) is 17.5 Å². The van der Waals surface area contributed by atoms with Gasteiger partial charge in [0.2, 0.25) is 0 Å². The molecule has 3 nitrogen and oxygen atoms in total. The third kappa shape index (κ3) is 3.56. The fourth-order valence-electron chi connectivity index (χ4n) is 2.25. The second-order valence-corrected chi connectivity index (χ2v) is 5.04. The number of aryl methyl sites for hydroxylation is 1. The highest BCUT2D eigenvalue weighted by Gasteiger charge is 2.23. The molecule has 0 aromatic heterocycles. The van der Waals surface area contributed by atoms with Crippen molar-refractivity contribution in [2.75, 3.05) is 12.4 Å². The molecule has 0 bridgehead atoms. The number of ether oxygens (including phenoxy) is 1. The third-order valence-electron chi connectivity index (χ3n) is 3.36. The van der Waals surface area contributed by atoms with E-state index in [1.54, 1.807) is 6.07 Å². The van der Waals surface area contributed by atoms with Crippen molar-refractivity contribution >= 4 is 23.3 Å². The lowest BCUT2D eigenvalue weighted by Gasteiger charge is -2.21. The Morgan fingerprint density at radius 1 is 1.19 bits per heavy atom. The van der Waals surface area contributed by atoms with Crippen molar-refractivity contribution in [1.82, 2.24) is 0 Å². The summed E-state index contributed by atoms with van der Waals surface area (Å²) in [5, 5.41) is 3.75. The van der Waals surface area contributed by atoms with Gasteiger partial charge in [0, 0.05) is 0 Å². The Labute approximate surface area is 129 Å². The molecule has 1 atom stereocenters. The highest BCUT2D eigenvalue weighted by Crippen LogP contribution is 2.28. The van der Waals surface area contributed by atoms with Crippen LogP contribution in [0.1, 0.15) is 24.1 Å². The number of halogens is 1. The summed E-state index contributed by atoms with van der Waals surface area (Å²) >= 11 is 6.16. The van der Waals surface area contributed by atoms with Gasteiger partial charge in [-0.25, -0.2) is 4.79 Å². The van der Waals surface area contributed by atoms with Crippen LogP contribution >= 0.6 is 11.6 Å². The van der Waals surface area contributed by atoms with E-state index in [4.69, 9.17) is 16.3 Å². The maximum absolute atomic E-state index is 12.2. The van der Waals surface area contributed by atoms with Crippen LogP contribution in [0.15, 0.2) is 48.5 Å². The Morgan fingerprint density at radius 2 is 1.86 bits per heavy atom. The van der Waals surface area contributed by atoms with Gasteiger partial charge in [-0.15, -0.1) is 0 Å². The fraction of sp³-hybridized carbons (Fsp3) is 0.235. The molecule has 0 fully saturated rings. The minimum Gasteiger partial charge on any atom is -0.467 e. The van der Waals surface area contributed by atoms with Gasteiger partial charge in [0.25, 0.3) is 0 Å². The van der Waals surface area contributed by atoms with Crippen LogP contribution in [0.25, 0.3) is 0 Å². The Morgan fingerprint density at radius 3 is 2.52 bits per heavy atom. The van der Waals surface area contributed by atoms with Gasteiger partial charge in [-0.1, -0.05) is 54.9 Å². The zero-order valence-electron chi connectivity index (χ0n) is 12.1. The van der Waals surface area contributed by atoms with E-state index in [-0.39, 0.29) is 5.97 Å². The number of anilines is 1. The van der Waals surface area contributed by atoms with Crippen LogP contribution in [-0.4, -0.2) is 13.1 Å². The first kappa shape index (κ1) is 15.4. The zero-order chi connectivity index (χ0) is 15.2. The van der Waals surface area contributed by atoms with Gasteiger partial charge < -0.3 is 10.1 Å². The molecule has 1 unspecified atom stereocenters. The van der Waals surface area contributed by atoms with E-state index in [2.05, 4.69) is 12.2 Å². The highest BCUT2D eigenvalue weighted by molar-refractivity contribution is 6.33. The van der Waals surface area contributed by atoms with Crippen molar-refractivity contribution in [3.8, 4) is 0 Å². The van der Waals surface area contributed by atoms with E-state index in [1.165, 1.54) is 7.11 Å². The number of nitrogens with one attached hydrogen (secondary N) is 1. The topological polar surface area (TPSA) is 38.3 Å². The van der Waals surface area contributed by atoms with E-state index in [1.807, 2.05) is 42.5 Å². The van der Waals surface area contributed by atoms with Crippen molar-refractivity contribution in [3.63, 3.8) is 0 Å². The molecule has 0 aliphatic carbocycles. The lowest BCUT2D eigenvalue weighted by molar-refractivity contribution is -0.141. The van der Waals surface area contributed by atoms with Crippen LogP contribution in [-0.2, 0) is 16.0 Å². The summed E-state index contributed by atoms with van der Waals surface area (Å²) in [5.74, 6) is -0.337. The zero-order valence-corrected chi connectivity index (χ0v) is 12.9. The van der Waals surface area contributed by atoms with Crippen LogP contribution in [0.5, 0.6) is 0 Å². The van der Waals surface area contributed by atoms with Crippen LogP contribution in [0.3, 0.4) is 0 Å². The number of para-hydroxylation sites is 1. The minimum atomic E-state index is -0.578. The molecule has 0 radical (unpaired) electrons. The maximum atomic E-state index is 12.2. The number of methoxy groups -OCH3 is 1. The number of rotatable bonds is 5. The molecule has 0 spiro atoms. The number of carbonyl (C=O) groups excluding carboxylic acids is 1. The largest absolute Gasteiger partial charge is 0.467 e. The van der Waals surface area contributed by atoms with E-state index in [9.17, 15) is 4.79 Å². The highest BCUT2D eigenvalue weighted by atomic mass is 35.5. The number of carbonyl (C=O) groups is 1. The molecule has 2 aromatic rings. The van der Waals surface area contributed by atoms with E-state index in [0.29, 0.717) is 10.7 Å². The molecular formula is C17H18ClNO2. The number of benzene rings is 2. The number of esters is 1. The molecular weight excluding hydrogens is 286 g/mol. The molecule has 2 rings (SSSR count). The predicted octanol–water partition coefficient (Wildman–Crippen LogP) is 4.23. The van der Waals surface area contributed by atoms with Crippen molar-refractivity contribution < 1.29 is 9.53 Å². The molecule has 0 aliphatic rings. The minimum absolute atomic E-state index is 0.337. The lowest BCUT2D eigenvalue weighted by atomic mass is 9.98. The van der Waals surface area contributed by atoms with Crippen molar-refractivity contribution in [2.24, 2.45) is 0 Å². The summed E-state index contributed by atoms with van der Waals surface area (Å²) < 4.78 is 4.93. The molecule has 0 saturated heterocycles. The Bertz CT molecular complexity index is 628. The van der Waals surface area contributed by atoms with Gasteiger partial charge in [0.05, 0.1) is 17.8 Å². The van der Waals surface area contributed by atoms with Crippen molar-refractivity contribution in [2.45, 2.75) is 19.4 Å². The van der Waals surface area contributed by atoms with Crippen LogP contribution in [0, 0.1) is 0 Å². The molecule has 21 heavy (non-hydrogen) atoms. The van der Waals surface area contributed by atoms with Crippen molar-refractivity contribution in [3.05, 3.63) is 64.7 Å². The summed E-state index contributed by atoms with van der Waals surface area (Å²) in [7, 11) is 1.39. The van der Waals surface area contributed by atoms with Gasteiger partial charge >= 0.3 is 5.97 Å². The molecule has 2 aromatic carbocycles. The molecule has 0 saturated carbocycles. The SMILES string of the molecule is CCc1ccccc1C(Nc1ccccc1Cl)C(=O)OC. The summed E-state index contributed by atoms with van der Waals surface area (Å²) in [6.07, 6.45) is 0.841. The Hall–Kier alpha value is -2.00. The summed E-state index contributed by atoms with van der Waals surface area (Å²) in [5.41, 5.74) is 2.72. The normalized spacial score (nSPS) is 11.8. The predicted molar refractivity (Wildman–Crippen MR) is 85.7 cm³/mol. The van der Waals surface area contributed by atoms with Gasteiger partial charge in [-0.05, 0) is 29.7 Å². The van der Waals surface area contributed by atoms with Crippen LogP contribution in [0.2, 0.25) is 5.02 Å². The Kier molecular flexibility index (Phi) is 5.23. The summed E-state index contributed by atoms with van der Waals surface area (Å²) in [6, 6.07) is 14.6. The van der Waals surface area contributed by atoms with Gasteiger partial charge in [-0.3, -0.25) is 0 Å². The second kappa shape index (κ2) is 7.14. The number of hydrogen-bond donors (Lipinski definition) is 1. The van der Waals surface area contributed by atoms with Gasteiger partial charge in [0.15, 0.2) is 6.04 Å². The lowest BCUT2D eigenvalue weighted by Crippen LogP contribution is -2.23. The average molecular weight is 304 g/mol. The first-order chi connectivity index (χ1) is 10.2. The van der Waals surface area contributed by atoms with E-state index < -0.39 is 6.04 Å². The molecule has 1 N–H and O–H groups in total. The quantitative estimate of drug-likeness (QED) is 0.840. The summed E-state index contributed by atoms with van der Waals surface area (Å²) in [4.78, 5) is 12.2. The molecule has 110 valence electrons. The first-order valence-electron chi connectivity index (χ1n) is 6.84. The standard InChI is InChI=1S/C17H18ClNO2/c1-3-12-8-4-5-9-13(12)16(17(20)21-2)19-15-11-7-6-10-14(15)18/h4-11,16,19H,3H2,1-2H3. The first-order valence-corrected chi connectivity index (χ1v) is 7.21. The molecule has 0 heterocycles. The fourth-order valence-corrected chi connectivity index (χ4v) is 2.44. The van der Waals surface area contributed by atoms with E-state index >= 15 is 0 Å². The van der Waals surface area contributed by atoms with Gasteiger partial charge in [0.1, 0.15) is 0 Å². The van der Waals surface area contributed by atoms with Crippen LogP contribution < -0.4 is 5.32 Å². The van der Waals surface area contributed by atoms with Crippen molar-refractivity contribution in [1.29, 1.82) is 0 Å². The van der Waals surface area contributed by atoms with Crippen LogP contribution in [0.4, 0.5) is 5.69 Å². The van der Waals surface area contributed by atoms with Gasteiger partial charge in [-0.2, -0.15) is 0 Å². The summed E-state index contributed by atoms with van der Waals surface area (Å²) in [6.45, 7) is 2.06. The maximum Gasteiger partial charge on any atom is 0.332 e. The molecule has 0 amide bonds. The average Bonchev–Trinajstić information content (AvgIpc) is 2.53. The third-order valence-corrected chi connectivity index (χ3v) is 3.69. The molecule has 4 heteroatoms.